The standard InChI is InChI=1S/C29H27NO3/c1-2-32-29(31)18-15-26-20-30(21-28(26)25-11-7-4-8-12-25)19-23-13-16-27(17-14-23)33-22-24-9-5-3-6-10-24/h3-18,20-21H,2,19,22H2,1H3. The molecule has 0 aliphatic carbocycles. The highest BCUT2D eigenvalue weighted by Gasteiger charge is 2.08. The van der Waals surface area contributed by atoms with Gasteiger partial charge in [0.05, 0.1) is 6.61 Å². The predicted molar refractivity (Wildman–Crippen MR) is 132 cm³/mol. The summed E-state index contributed by atoms with van der Waals surface area (Å²) in [7, 11) is 0. The van der Waals surface area contributed by atoms with E-state index in [1.807, 2.05) is 54.6 Å². The first kappa shape index (κ1) is 22.2. The molecule has 1 aromatic heterocycles. The Morgan fingerprint density at radius 2 is 1.55 bits per heavy atom. The maximum absolute atomic E-state index is 11.8. The molecule has 33 heavy (non-hydrogen) atoms. The van der Waals surface area contributed by atoms with E-state index in [4.69, 9.17) is 9.47 Å². The SMILES string of the molecule is CCOC(=O)C=Cc1cn(Cc2ccc(OCc3ccccc3)cc2)cc1-c1ccccc1. The molecule has 0 saturated carbocycles. The second-order valence-corrected chi connectivity index (χ2v) is 7.67. The van der Waals surface area contributed by atoms with Gasteiger partial charge in [-0.25, -0.2) is 4.79 Å². The molecule has 0 N–H and O–H groups in total. The van der Waals surface area contributed by atoms with Crippen LogP contribution >= 0.6 is 0 Å². The molecule has 0 bridgehead atoms. The molecule has 4 nitrogen and oxygen atoms in total. The molecule has 0 saturated heterocycles. The summed E-state index contributed by atoms with van der Waals surface area (Å²) >= 11 is 0. The highest BCUT2D eigenvalue weighted by atomic mass is 16.5. The number of nitrogens with zero attached hydrogens (tertiary/aromatic N) is 1. The summed E-state index contributed by atoms with van der Waals surface area (Å²) in [6.45, 7) is 3.43. The van der Waals surface area contributed by atoms with Crippen LogP contribution in [0.25, 0.3) is 17.2 Å². The summed E-state index contributed by atoms with van der Waals surface area (Å²) in [5.74, 6) is 0.508. The molecule has 0 aliphatic heterocycles. The van der Waals surface area contributed by atoms with E-state index in [1.165, 1.54) is 6.08 Å². The van der Waals surface area contributed by atoms with Gasteiger partial charge in [-0.15, -0.1) is 0 Å². The number of ether oxygens (including phenoxy) is 2. The second kappa shape index (κ2) is 11.0. The van der Waals surface area contributed by atoms with Crippen molar-refractivity contribution in [2.45, 2.75) is 20.1 Å². The molecular weight excluding hydrogens is 410 g/mol. The zero-order chi connectivity index (χ0) is 22.9. The van der Waals surface area contributed by atoms with E-state index in [2.05, 4.69) is 53.4 Å². The third kappa shape index (κ3) is 6.23. The van der Waals surface area contributed by atoms with E-state index in [1.54, 1.807) is 6.92 Å². The minimum atomic E-state index is -0.338. The molecule has 0 unspecified atom stereocenters. The third-order valence-electron chi connectivity index (χ3n) is 5.22. The summed E-state index contributed by atoms with van der Waals surface area (Å²) in [6, 6.07) is 28.5. The molecule has 0 fully saturated rings. The third-order valence-corrected chi connectivity index (χ3v) is 5.22. The first-order valence-corrected chi connectivity index (χ1v) is 11.1. The van der Waals surface area contributed by atoms with Crippen LogP contribution in [-0.4, -0.2) is 17.1 Å². The number of hydrogen-bond acceptors (Lipinski definition) is 3. The fourth-order valence-corrected chi connectivity index (χ4v) is 3.60. The van der Waals surface area contributed by atoms with Gasteiger partial charge < -0.3 is 14.0 Å². The Labute approximate surface area is 194 Å². The minimum Gasteiger partial charge on any atom is -0.489 e. The summed E-state index contributed by atoms with van der Waals surface area (Å²) in [5, 5.41) is 0. The lowest BCUT2D eigenvalue weighted by Gasteiger charge is -2.08. The van der Waals surface area contributed by atoms with E-state index in [9.17, 15) is 4.79 Å². The van der Waals surface area contributed by atoms with Gasteiger partial charge in [-0.3, -0.25) is 0 Å². The maximum Gasteiger partial charge on any atom is 0.330 e. The minimum absolute atomic E-state index is 0.338. The first-order valence-electron chi connectivity index (χ1n) is 11.1. The van der Waals surface area contributed by atoms with Crippen molar-refractivity contribution in [3.63, 3.8) is 0 Å². The van der Waals surface area contributed by atoms with Crippen LogP contribution in [0.15, 0.2) is 103 Å². The smallest absolute Gasteiger partial charge is 0.330 e. The van der Waals surface area contributed by atoms with Crippen LogP contribution < -0.4 is 4.74 Å². The average molecular weight is 438 g/mol. The van der Waals surface area contributed by atoms with Crippen molar-refractivity contribution in [2.75, 3.05) is 6.61 Å². The average Bonchev–Trinajstić information content (AvgIpc) is 3.26. The van der Waals surface area contributed by atoms with Crippen molar-refractivity contribution in [1.29, 1.82) is 0 Å². The zero-order valence-electron chi connectivity index (χ0n) is 18.7. The van der Waals surface area contributed by atoms with Crippen LogP contribution in [0, 0.1) is 0 Å². The molecule has 4 rings (SSSR count). The Hall–Kier alpha value is -4.05. The van der Waals surface area contributed by atoms with E-state index in [0.29, 0.717) is 19.8 Å². The first-order chi connectivity index (χ1) is 16.2. The predicted octanol–water partition coefficient (Wildman–Crippen LogP) is 6.36. The Morgan fingerprint density at radius 1 is 0.848 bits per heavy atom. The van der Waals surface area contributed by atoms with Gasteiger partial charge in [-0.2, -0.15) is 0 Å². The van der Waals surface area contributed by atoms with Crippen LogP contribution in [-0.2, 0) is 22.7 Å². The highest BCUT2D eigenvalue weighted by molar-refractivity contribution is 5.89. The molecule has 0 amide bonds. The number of rotatable bonds is 9. The lowest BCUT2D eigenvalue weighted by Crippen LogP contribution is -1.98. The van der Waals surface area contributed by atoms with Crippen molar-refractivity contribution in [1.82, 2.24) is 4.57 Å². The number of carbonyl (C=O) groups excluding carboxylic acids is 1. The molecule has 0 spiro atoms. The topological polar surface area (TPSA) is 40.5 Å². The zero-order valence-corrected chi connectivity index (χ0v) is 18.7. The van der Waals surface area contributed by atoms with Crippen molar-refractivity contribution in [3.8, 4) is 16.9 Å². The molecule has 0 atom stereocenters. The van der Waals surface area contributed by atoms with Crippen molar-refractivity contribution < 1.29 is 14.3 Å². The number of esters is 1. The van der Waals surface area contributed by atoms with Gasteiger partial charge in [0.25, 0.3) is 0 Å². The van der Waals surface area contributed by atoms with Gasteiger partial charge in [0.1, 0.15) is 12.4 Å². The lowest BCUT2D eigenvalue weighted by molar-refractivity contribution is -0.137. The molecular formula is C29H27NO3. The Morgan fingerprint density at radius 3 is 2.24 bits per heavy atom. The van der Waals surface area contributed by atoms with Crippen molar-refractivity contribution in [2.24, 2.45) is 0 Å². The lowest BCUT2D eigenvalue weighted by atomic mass is 10.0. The molecule has 0 aliphatic rings. The van der Waals surface area contributed by atoms with Crippen LogP contribution in [0.3, 0.4) is 0 Å². The van der Waals surface area contributed by atoms with E-state index < -0.39 is 0 Å². The Bertz CT molecular complexity index is 1190. The van der Waals surface area contributed by atoms with E-state index in [0.717, 1.165) is 33.6 Å². The van der Waals surface area contributed by atoms with Gasteiger partial charge in [0, 0.05) is 36.1 Å². The Balaban J connectivity index is 1.48. The van der Waals surface area contributed by atoms with Crippen molar-refractivity contribution in [3.05, 3.63) is 120 Å². The van der Waals surface area contributed by atoms with Crippen molar-refractivity contribution >= 4 is 12.0 Å². The molecule has 0 radical (unpaired) electrons. The van der Waals surface area contributed by atoms with Crippen LogP contribution in [0.5, 0.6) is 5.75 Å². The summed E-state index contributed by atoms with van der Waals surface area (Å²) in [5.41, 5.74) is 5.45. The summed E-state index contributed by atoms with van der Waals surface area (Å²) in [4.78, 5) is 11.8. The molecule has 4 heteroatoms. The molecule has 4 aromatic rings. The number of hydrogen-bond donors (Lipinski definition) is 0. The van der Waals surface area contributed by atoms with Gasteiger partial charge in [-0.05, 0) is 41.8 Å². The number of carbonyl (C=O) groups is 1. The van der Waals surface area contributed by atoms with Gasteiger partial charge in [-0.1, -0.05) is 72.8 Å². The van der Waals surface area contributed by atoms with Crippen LogP contribution in [0.1, 0.15) is 23.6 Å². The van der Waals surface area contributed by atoms with E-state index in [-0.39, 0.29) is 5.97 Å². The quantitative estimate of drug-likeness (QED) is 0.226. The van der Waals surface area contributed by atoms with Gasteiger partial charge >= 0.3 is 5.97 Å². The maximum atomic E-state index is 11.8. The van der Waals surface area contributed by atoms with Crippen LogP contribution in [0.4, 0.5) is 0 Å². The monoisotopic (exact) mass is 437 g/mol. The second-order valence-electron chi connectivity index (χ2n) is 7.67. The van der Waals surface area contributed by atoms with Gasteiger partial charge in [0.2, 0.25) is 0 Å². The highest BCUT2D eigenvalue weighted by Crippen LogP contribution is 2.27. The number of benzene rings is 3. The molecule has 3 aromatic carbocycles. The number of aromatic nitrogens is 1. The normalized spacial score (nSPS) is 10.9. The fourth-order valence-electron chi connectivity index (χ4n) is 3.60. The van der Waals surface area contributed by atoms with E-state index >= 15 is 0 Å². The molecule has 166 valence electrons. The fraction of sp³-hybridized carbons (Fsp3) is 0.138. The molecule has 1 heterocycles. The summed E-state index contributed by atoms with van der Waals surface area (Å²) in [6.07, 6.45) is 7.46. The largest absolute Gasteiger partial charge is 0.489 e. The van der Waals surface area contributed by atoms with Gasteiger partial charge in [0.15, 0.2) is 0 Å². The summed E-state index contributed by atoms with van der Waals surface area (Å²) < 4.78 is 13.1. The Kier molecular flexibility index (Phi) is 7.39. The van der Waals surface area contributed by atoms with Crippen LogP contribution in [0.2, 0.25) is 0 Å².